The Morgan fingerprint density at radius 1 is 1.37 bits per heavy atom. The zero-order chi connectivity index (χ0) is 21.5. The highest BCUT2D eigenvalue weighted by Crippen LogP contribution is 2.44. The van der Waals surface area contributed by atoms with Crippen LogP contribution >= 0.6 is 0 Å². The van der Waals surface area contributed by atoms with Gasteiger partial charge in [-0.2, -0.15) is 0 Å². The van der Waals surface area contributed by atoms with Gasteiger partial charge in [-0.3, -0.25) is 4.79 Å². The van der Waals surface area contributed by atoms with E-state index >= 15 is 0 Å². The fraction of sp³-hybridized carbons (Fsp3) is 0.423. The second-order valence-corrected chi connectivity index (χ2v) is 9.86. The maximum Gasteiger partial charge on any atom is 0.222 e. The Morgan fingerprint density at radius 3 is 2.80 bits per heavy atom. The van der Waals surface area contributed by atoms with Gasteiger partial charge in [0.25, 0.3) is 0 Å². The first-order valence-corrected chi connectivity index (χ1v) is 10.8. The number of Topliss-reactive ketones (excluding diaryl/α,β-unsaturated/α-hetero) is 1. The summed E-state index contributed by atoms with van der Waals surface area (Å²) in [4.78, 5) is 22.0. The van der Waals surface area contributed by atoms with Gasteiger partial charge in [0, 0.05) is 39.6 Å². The molecule has 30 heavy (non-hydrogen) atoms. The summed E-state index contributed by atoms with van der Waals surface area (Å²) < 4.78 is 0. The molecule has 1 saturated carbocycles. The Balaban J connectivity index is 0.00000181. The van der Waals surface area contributed by atoms with Crippen LogP contribution in [0, 0.1) is 17.8 Å². The summed E-state index contributed by atoms with van der Waals surface area (Å²) in [6, 6.07) is 6.11. The zero-order valence-corrected chi connectivity index (χ0v) is 18.5. The van der Waals surface area contributed by atoms with Crippen LogP contribution in [-0.4, -0.2) is 22.3 Å². The van der Waals surface area contributed by atoms with Crippen LogP contribution in [0.1, 0.15) is 75.6 Å². The third-order valence-electron chi connectivity index (χ3n) is 6.44. The van der Waals surface area contributed by atoms with Crippen LogP contribution in [0.4, 0.5) is 5.95 Å². The first kappa shape index (κ1) is 20.5. The maximum absolute atomic E-state index is 12.8. The largest absolute Gasteiger partial charge is 0.354 e. The normalized spacial score (nSPS) is 16.6. The number of carbonyl (C=O) groups is 1. The van der Waals surface area contributed by atoms with Gasteiger partial charge in [-0.25, -0.2) is 9.97 Å². The maximum atomic E-state index is 12.8. The number of anilines is 1. The van der Waals surface area contributed by atoms with Crippen molar-refractivity contribution >= 4 is 17.3 Å². The Kier molecular flexibility index (Phi) is 5.13. The van der Waals surface area contributed by atoms with E-state index < -0.39 is 0 Å². The molecule has 1 N–H and O–H groups in total. The van der Waals surface area contributed by atoms with E-state index in [4.69, 9.17) is 4.98 Å². The van der Waals surface area contributed by atoms with E-state index in [9.17, 15) is 4.79 Å². The lowest BCUT2D eigenvalue weighted by Gasteiger charge is -2.19. The highest BCUT2D eigenvalue weighted by Gasteiger charge is 2.37. The summed E-state index contributed by atoms with van der Waals surface area (Å²) in [6.45, 7) is 13.2. The minimum absolute atomic E-state index is 0. The van der Waals surface area contributed by atoms with Gasteiger partial charge in [0.2, 0.25) is 5.95 Å². The van der Waals surface area contributed by atoms with Crippen LogP contribution in [-0.2, 0) is 6.42 Å². The lowest BCUT2D eigenvalue weighted by Crippen LogP contribution is -2.15. The summed E-state index contributed by atoms with van der Waals surface area (Å²) >= 11 is 0. The Morgan fingerprint density at radius 2 is 2.13 bits per heavy atom. The number of allylic oxidation sites excluding steroid dienone is 2. The molecule has 0 saturated heterocycles. The van der Waals surface area contributed by atoms with Crippen LogP contribution in [0.25, 0.3) is 5.57 Å². The number of hydrogen-bond donors (Lipinski definition) is 1. The number of rotatable bonds is 8. The average molecular weight is 406 g/mol. The first-order chi connectivity index (χ1) is 14.2. The van der Waals surface area contributed by atoms with Crippen molar-refractivity contribution in [2.24, 2.45) is 10.8 Å². The van der Waals surface area contributed by atoms with E-state index in [0.29, 0.717) is 11.8 Å². The quantitative estimate of drug-likeness (QED) is 0.416. The number of aryl methyl sites for hydroxylation is 1. The molecule has 4 rings (SSSR count). The van der Waals surface area contributed by atoms with Crippen molar-refractivity contribution in [2.75, 3.05) is 11.9 Å². The number of ketones is 1. The molecular weight excluding hydrogens is 370 g/mol. The second kappa shape index (κ2) is 7.50. The van der Waals surface area contributed by atoms with Crippen molar-refractivity contribution in [1.29, 1.82) is 0 Å². The Labute approximate surface area is 182 Å². The molecule has 0 radical (unpaired) electrons. The molecule has 1 heterocycles. The van der Waals surface area contributed by atoms with Gasteiger partial charge in [-0.15, -0.1) is 6.58 Å². The molecule has 1 fully saturated rings. The molecule has 1 aromatic carbocycles. The SMILES string of the molecule is C=CC(C)(C)CC(=O)c1ccc(C2=CCc3nc(NCC4(C)CC4)ncc32)cc1C.[HH].[HH]. The van der Waals surface area contributed by atoms with Gasteiger partial charge < -0.3 is 5.32 Å². The molecule has 4 nitrogen and oxygen atoms in total. The third-order valence-corrected chi connectivity index (χ3v) is 6.44. The molecule has 160 valence electrons. The van der Waals surface area contributed by atoms with Crippen LogP contribution in [0.2, 0.25) is 0 Å². The second-order valence-electron chi connectivity index (χ2n) is 9.86. The Hall–Kier alpha value is -2.75. The van der Waals surface area contributed by atoms with Crippen LogP contribution in [0.15, 0.2) is 43.1 Å². The molecule has 0 amide bonds. The van der Waals surface area contributed by atoms with E-state index in [1.165, 1.54) is 12.8 Å². The molecule has 0 bridgehead atoms. The van der Waals surface area contributed by atoms with E-state index in [1.807, 2.05) is 45.2 Å². The fourth-order valence-corrected chi connectivity index (χ4v) is 3.87. The number of nitrogens with zero attached hydrogens (tertiary/aromatic N) is 2. The molecule has 2 aliphatic carbocycles. The predicted octanol–water partition coefficient (Wildman–Crippen LogP) is 6.26. The molecule has 0 unspecified atom stereocenters. The van der Waals surface area contributed by atoms with E-state index in [1.54, 1.807) is 0 Å². The van der Waals surface area contributed by atoms with E-state index in [2.05, 4.69) is 35.9 Å². The molecule has 0 aliphatic heterocycles. The van der Waals surface area contributed by atoms with Crippen molar-refractivity contribution in [3.05, 3.63) is 71.1 Å². The number of nitrogens with one attached hydrogen (secondary N) is 1. The molecule has 2 aromatic rings. The number of fused-ring (bicyclic) bond motifs is 1. The fourth-order valence-electron chi connectivity index (χ4n) is 3.87. The van der Waals surface area contributed by atoms with Crippen molar-refractivity contribution in [1.82, 2.24) is 9.97 Å². The van der Waals surface area contributed by atoms with Crippen LogP contribution in [0.3, 0.4) is 0 Å². The Bertz CT molecular complexity index is 1060. The van der Waals surface area contributed by atoms with Gasteiger partial charge >= 0.3 is 0 Å². The zero-order valence-electron chi connectivity index (χ0n) is 18.5. The highest BCUT2D eigenvalue weighted by atomic mass is 16.1. The molecular formula is C26H35N3O. The van der Waals surface area contributed by atoms with Crippen LogP contribution < -0.4 is 5.32 Å². The summed E-state index contributed by atoms with van der Waals surface area (Å²) in [6.07, 6.45) is 9.82. The lowest BCUT2D eigenvalue weighted by molar-refractivity contribution is 0.0949. The standard InChI is InChI=1S/C26H31N3O.2H2/c1-6-25(3,4)14-23(30)19-8-7-18(13-17(19)2)20-9-10-22-21(20)15-27-24(29-22)28-16-26(5)11-12-26;;/h6-9,13,15H,1,10-12,14,16H2,2-5H3,(H,27,28,29);2*1H. The number of benzene rings is 1. The minimum Gasteiger partial charge on any atom is -0.354 e. The third kappa shape index (κ3) is 4.23. The van der Waals surface area contributed by atoms with Gasteiger partial charge in [0.05, 0.1) is 5.69 Å². The smallest absolute Gasteiger partial charge is 0.222 e. The van der Waals surface area contributed by atoms with Gasteiger partial charge in [0.15, 0.2) is 5.78 Å². The molecule has 2 aliphatic rings. The highest BCUT2D eigenvalue weighted by molar-refractivity contribution is 5.98. The van der Waals surface area contributed by atoms with Crippen molar-refractivity contribution in [3.63, 3.8) is 0 Å². The summed E-state index contributed by atoms with van der Waals surface area (Å²) in [7, 11) is 0. The van der Waals surface area contributed by atoms with Gasteiger partial charge in [0.1, 0.15) is 0 Å². The molecule has 0 atom stereocenters. The number of carbonyl (C=O) groups excluding carboxylic acids is 1. The van der Waals surface area contributed by atoms with Gasteiger partial charge in [-0.05, 0) is 47.3 Å². The lowest BCUT2D eigenvalue weighted by atomic mass is 9.84. The summed E-state index contributed by atoms with van der Waals surface area (Å²) in [5, 5.41) is 3.39. The summed E-state index contributed by atoms with van der Waals surface area (Å²) in [5.41, 5.74) is 6.43. The van der Waals surface area contributed by atoms with Crippen molar-refractivity contribution < 1.29 is 7.65 Å². The topological polar surface area (TPSA) is 54.9 Å². The molecule has 0 spiro atoms. The monoisotopic (exact) mass is 405 g/mol. The molecule has 4 heteroatoms. The van der Waals surface area contributed by atoms with E-state index in [-0.39, 0.29) is 14.1 Å². The number of hydrogen-bond acceptors (Lipinski definition) is 4. The van der Waals surface area contributed by atoms with Crippen molar-refractivity contribution in [3.8, 4) is 0 Å². The predicted molar refractivity (Wildman–Crippen MR) is 127 cm³/mol. The number of aromatic nitrogens is 2. The molecule has 1 aromatic heterocycles. The average Bonchev–Trinajstić information content (AvgIpc) is 3.30. The minimum atomic E-state index is -0.199. The first-order valence-electron chi connectivity index (χ1n) is 10.8. The van der Waals surface area contributed by atoms with Crippen molar-refractivity contribution in [2.45, 2.75) is 53.4 Å². The van der Waals surface area contributed by atoms with Crippen LogP contribution in [0.5, 0.6) is 0 Å². The van der Waals surface area contributed by atoms with Gasteiger partial charge in [-0.1, -0.05) is 51.1 Å². The summed E-state index contributed by atoms with van der Waals surface area (Å²) in [5.74, 6) is 0.881. The van der Waals surface area contributed by atoms with E-state index in [0.717, 1.165) is 52.4 Å².